The Bertz CT molecular complexity index is 618. The molecule has 1 aliphatic rings. The maximum absolute atomic E-state index is 12.4. The highest BCUT2D eigenvalue weighted by Gasteiger charge is 2.29. The zero-order valence-corrected chi connectivity index (χ0v) is 16.6. The second-order valence-corrected chi connectivity index (χ2v) is 7.86. The number of amides is 1. The van der Waals surface area contributed by atoms with Crippen molar-refractivity contribution in [3.05, 3.63) is 23.3 Å². The Kier molecular flexibility index (Phi) is 5.86. The minimum absolute atomic E-state index is 0.267. The Labute approximate surface area is 152 Å². The molecular formula is C20H33N3O2. The van der Waals surface area contributed by atoms with Gasteiger partial charge in [0.15, 0.2) is 0 Å². The fourth-order valence-corrected chi connectivity index (χ4v) is 3.53. The number of carbonyl (C=O) groups is 1. The number of nitrogen functional groups attached to an aromatic ring is 1. The van der Waals surface area contributed by atoms with Crippen LogP contribution in [0.25, 0.3) is 0 Å². The Balaban J connectivity index is 2.28. The number of nitrogens with zero attached hydrogens (tertiary/aromatic N) is 2. The molecule has 0 fully saturated rings. The van der Waals surface area contributed by atoms with Gasteiger partial charge in [0.1, 0.15) is 5.60 Å². The molecule has 0 bridgehead atoms. The fourth-order valence-electron chi connectivity index (χ4n) is 3.53. The summed E-state index contributed by atoms with van der Waals surface area (Å²) in [7, 11) is 2.16. The highest BCUT2D eigenvalue weighted by atomic mass is 16.6. The molecule has 0 radical (unpaired) electrons. The van der Waals surface area contributed by atoms with Crippen LogP contribution in [0.3, 0.4) is 0 Å². The Hall–Kier alpha value is -1.91. The summed E-state index contributed by atoms with van der Waals surface area (Å²) in [5, 5.41) is 0. The standard InChI is InChI=1S/C20H33N3O2/c1-7-14(8-2)22(6)18-10-9-17(21)16-13-23(12-11-15(16)18)19(24)25-20(3,4)5/h9-10,14H,7-8,11-13,21H2,1-6H3. The van der Waals surface area contributed by atoms with Gasteiger partial charge in [0.2, 0.25) is 0 Å². The van der Waals surface area contributed by atoms with Gasteiger partial charge in [-0.2, -0.15) is 0 Å². The molecule has 2 rings (SSSR count). The van der Waals surface area contributed by atoms with Crippen LogP contribution in [-0.4, -0.2) is 36.2 Å². The largest absolute Gasteiger partial charge is 0.444 e. The molecule has 1 aromatic rings. The third-order valence-corrected chi connectivity index (χ3v) is 4.95. The summed E-state index contributed by atoms with van der Waals surface area (Å²) in [6.45, 7) is 11.3. The summed E-state index contributed by atoms with van der Waals surface area (Å²) < 4.78 is 5.52. The van der Waals surface area contributed by atoms with Crippen LogP contribution in [0.1, 0.15) is 58.6 Å². The minimum Gasteiger partial charge on any atom is -0.444 e. The Morgan fingerprint density at radius 1 is 1.28 bits per heavy atom. The fraction of sp³-hybridized carbons (Fsp3) is 0.650. The third-order valence-electron chi connectivity index (χ3n) is 4.95. The first-order valence-electron chi connectivity index (χ1n) is 9.28. The molecule has 0 aromatic heterocycles. The van der Waals surface area contributed by atoms with Crippen LogP contribution in [0.2, 0.25) is 0 Å². The van der Waals surface area contributed by atoms with E-state index in [0.717, 1.165) is 30.5 Å². The predicted octanol–water partition coefficient (Wildman–Crippen LogP) is 4.19. The van der Waals surface area contributed by atoms with E-state index in [1.165, 1.54) is 11.3 Å². The molecule has 0 saturated heterocycles. The van der Waals surface area contributed by atoms with Gasteiger partial charge in [-0.15, -0.1) is 0 Å². The van der Waals surface area contributed by atoms with Gasteiger partial charge in [-0.3, -0.25) is 0 Å². The van der Waals surface area contributed by atoms with Gasteiger partial charge in [-0.05, 0) is 63.3 Å². The molecule has 2 N–H and O–H groups in total. The van der Waals surface area contributed by atoms with Crippen molar-refractivity contribution in [1.82, 2.24) is 4.90 Å². The molecule has 25 heavy (non-hydrogen) atoms. The summed E-state index contributed by atoms with van der Waals surface area (Å²) in [5.74, 6) is 0. The summed E-state index contributed by atoms with van der Waals surface area (Å²) in [6, 6.07) is 4.60. The van der Waals surface area contributed by atoms with E-state index in [1.54, 1.807) is 4.90 Å². The first-order chi connectivity index (χ1) is 11.7. The summed E-state index contributed by atoms with van der Waals surface area (Å²) in [6.07, 6.45) is 2.75. The van der Waals surface area contributed by atoms with Gasteiger partial charge in [-0.1, -0.05) is 13.8 Å². The van der Waals surface area contributed by atoms with Crippen LogP contribution in [0.5, 0.6) is 0 Å². The van der Waals surface area contributed by atoms with Gasteiger partial charge < -0.3 is 20.3 Å². The van der Waals surface area contributed by atoms with Crippen molar-refractivity contribution < 1.29 is 9.53 Å². The molecular weight excluding hydrogens is 314 g/mol. The van der Waals surface area contributed by atoms with Crippen LogP contribution in [-0.2, 0) is 17.7 Å². The van der Waals surface area contributed by atoms with E-state index < -0.39 is 5.60 Å². The van der Waals surface area contributed by atoms with Crippen molar-refractivity contribution >= 4 is 17.5 Å². The van der Waals surface area contributed by atoms with E-state index in [4.69, 9.17) is 10.5 Å². The van der Waals surface area contributed by atoms with Crippen LogP contribution in [0, 0.1) is 0 Å². The topological polar surface area (TPSA) is 58.8 Å². The SMILES string of the molecule is CCC(CC)N(C)c1ccc(N)c2c1CCN(C(=O)OC(C)(C)C)C2. The number of carbonyl (C=O) groups excluding carboxylic acids is 1. The molecule has 1 aromatic carbocycles. The second-order valence-electron chi connectivity index (χ2n) is 7.86. The average molecular weight is 348 g/mol. The summed E-state index contributed by atoms with van der Waals surface area (Å²) in [5.41, 5.74) is 10.1. The highest BCUT2D eigenvalue weighted by molar-refractivity contribution is 5.72. The smallest absolute Gasteiger partial charge is 0.410 e. The van der Waals surface area contributed by atoms with Crippen molar-refractivity contribution in [1.29, 1.82) is 0 Å². The summed E-state index contributed by atoms with van der Waals surface area (Å²) in [4.78, 5) is 16.5. The maximum Gasteiger partial charge on any atom is 0.410 e. The van der Waals surface area contributed by atoms with Gasteiger partial charge in [0, 0.05) is 31.0 Å². The van der Waals surface area contributed by atoms with E-state index in [-0.39, 0.29) is 6.09 Å². The van der Waals surface area contributed by atoms with Gasteiger partial charge in [0.05, 0.1) is 6.54 Å². The molecule has 0 saturated carbocycles. The molecule has 5 nitrogen and oxygen atoms in total. The molecule has 0 aliphatic carbocycles. The first kappa shape index (κ1) is 19.4. The lowest BCUT2D eigenvalue weighted by Gasteiger charge is -2.36. The number of hydrogen-bond acceptors (Lipinski definition) is 4. The number of rotatable bonds is 4. The van der Waals surface area contributed by atoms with E-state index in [2.05, 4.69) is 31.9 Å². The van der Waals surface area contributed by atoms with Crippen molar-refractivity contribution in [2.24, 2.45) is 0 Å². The van der Waals surface area contributed by atoms with E-state index in [9.17, 15) is 4.79 Å². The molecule has 0 unspecified atom stereocenters. The lowest BCUT2D eigenvalue weighted by molar-refractivity contribution is 0.0224. The number of fused-ring (bicyclic) bond motifs is 1. The van der Waals surface area contributed by atoms with Crippen LogP contribution < -0.4 is 10.6 Å². The van der Waals surface area contributed by atoms with Crippen molar-refractivity contribution in [2.45, 2.75) is 72.1 Å². The normalized spacial score (nSPS) is 14.4. The molecule has 0 spiro atoms. The number of hydrogen-bond donors (Lipinski definition) is 1. The van der Waals surface area contributed by atoms with E-state index in [0.29, 0.717) is 19.1 Å². The highest BCUT2D eigenvalue weighted by Crippen LogP contribution is 2.34. The second kappa shape index (κ2) is 7.54. The Morgan fingerprint density at radius 2 is 1.92 bits per heavy atom. The van der Waals surface area contributed by atoms with Crippen LogP contribution in [0.15, 0.2) is 12.1 Å². The monoisotopic (exact) mass is 347 g/mol. The van der Waals surface area contributed by atoms with Crippen molar-refractivity contribution in [3.8, 4) is 0 Å². The lowest BCUT2D eigenvalue weighted by atomic mass is 9.94. The maximum atomic E-state index is 12.4. The van der Waals surface area contributed by atoms with Crippen LogP contribution in [0.4, 0.5) is 16.2 Å². The quantitative estimate of drug-likeness (QED) is 0.830. The number of ether oxygens (including phenoxy) is 1. The van der Waals surface area contributed by atoms with E-state index >= 15 is 0 Å². The molecule has 1 amide bonds. The van der Waals surface area contributed by atoms with E-state index in [1.807, 2.05) is 26.8 Å². The van der Waals surface area contributed by atoms with Gasteiger partial charge in [0.25, 0.3) is 0 Å². The molecule has 140 valence electrons. The number of benzene rings is 1. The number of anilines is 2. The molecule has 1 aliphatic heterocycles. The van der Waals surface area contributed by atoms with Crippen molar-refractivity contribution in [3.63, 3.8) is 0 Å². The zero-order chi connectivity index (χ0) is 18.8. The van der Waals surface area contributed by atoms with Gasteiger partial charge >= 0.3 is 6.09 Å². The third kappa shape index (κ3) is 4.39. The molecule has 1 heterocycles. The molecule has 0 atom stereocenters. The average Bonchev–Trinajstić information content (AvgIpc) is 2.54. The first-order valence-corrected chi connectivity index (χ1v) is 9.28. The minimum atomic E-state index is -0.486. The number of nitrogens with two attached hydrogens (primary N) is 1. The van der Waals surface area contributed by atoms with Crippen LogP contribution >= 0.6 is 0 Å². The zero-order valence-electron chi connectivity index (χ0n) is 16.6. The Morgan fingerprint density at radius 3 is 2.48 bits per heavy atom. The summed E-state index contributed by atoms with van der Waals surface area (Å²) >= 11 is 0. The predicted molar refractivity (Wildman–Crippen MR) is 104 cm³/mol. The molecule has 5 heteroatoms. The lowest BCUT2D eigenvalue weighted by Crippen LogP contribution is -2.41. The van der Waals surface area contributed by atoms with Gasteiger partial charge in [-0.25, -0.2) is 4.79 Å². The van der Waals surface area contributed by atoms with Crippen molar-refractivity contribution in [2.75, 3.05) is 24.2 Å².